The third kappa shape index (κ3) is 2.17. The Balaban J connectivity index is 1.94. The molecule has 76 valence electrons. The van der Waals surface area contributed by atoms with Gasteiger partial charge in [0.05, 0.1) is 11.9 Å². The first-order chi connectivity index (χ1) is 6.74. The lowest BCUT2D eigenvalue weighted by molar-refractivity contribution is 0.683. The summed E-state index contributed by atoms with van der Waals surface area (Å²) in [6, 6.07) is 0.736. The van der Waals surface area contributed by atoms with Gasteiger partial charge in [-0.3, -0.25) is 0 Å². The van der Waals surface area contributed by atoms with Crippen molar-refractivity contribution >= 4 is 5.95 Å². The number of anilines is 1. The normalized spacial score (nSPS) is 26.4. The molecule has 14 heavy (non-hydrogen) atoms. The lowest BCUT2D eigenvalue weighted by Crippen LogP contribution is -2.21. The summed E-state index contributed by atoms with van der Waals surface area (Å²) in [6.07, 6.45) is 4.89. The van der Waals surface area contributed by atoms with Gasteiger partial charge in [-0.15, -0.1) is 5.10 Å². The number of aromatic nitrogens is 3. The first-order valence-electron chi connectivity index (χ1n) is 4.92. The van der Waals surface area contributed by atoms with Gasteiger partial charge in [0.1, 0.15) is 0 Å². The highest BCUT2D eigenvalue weighted by atomic mass is 15.2. The van der Waals surface area contributed by atoms with Crippen LogP contribution in [0.25, 0.3) is 0 Å². The van der Waals surface area contributed by atoms with Gasteiger partial charge in [0.2, 0.25) is 5.95 Å². The van der Waals surface area contributed by atoms with E-state index in [1.54, 1.807) is 6.20 Å². The Kier molecular flexibility index (Phi) is 2.58. The molecule has 3 N–H and O–H groups in total. The van der Waals surface area contributed by atoms with E-state index >= 15 is 0 Å². The van der Waals surface area contributed by atoms with E-state index in [1.165, 1.54) is 0 Å². The monoisotopic (exact) mass is 193 g/mol. The highest BCUT2D eigenvalue weighted by Gasteiger charge is 2.21. The van der Waals surface area contributed by atoms with Crippen LogP contribution in [0.5, 0.6) is 0 Å². The molecule has 2 atom stereocenters. The van der Waals surface area contributed by atoms with Crippen molar-refractivity contribution in [3.05, 3.63) is 11.9 Å². The lowest BCUT2D eigenvalue weighted by atomic mass is 10.2. The Labute approximate surface area is 83.1 Å². The molecule has 0 unspecified atom stereocenters. The summed E-state index contributed by atoms with van der Waals surface area (Å²) >= 11 is 0. The minimum Gasteiger partial charge on any atom is -0.350 e. The Bertz CT molecular complexity index is 297. The van der Waals surface area contributed by atoms with Gasteiger partial charge in [0.15, 0.2) is 0 Å². The van der Waals surface area contributed by atoms with Crippen LogP contribution in [0.4, 0.5) is 5.95 Å². The van der Waals surface area contributed by atoms with Gasteiger partial charge in [-0.25, -0.2) is 4.98 Å². The number of nitrogens with one attached hydrogen (secondary N) is 1. The number of hydrogen-bond acceptors (Lipinski definition) is 5. The number of hydrogen-bond donors (Lipinski definition) is 2. The molecule has 0 bridgehead atoms. The largest absolute Gasteiger partial charge is 0.350 e. The number of aryl methyl sites for hydroxylation is 1. The zero-order valence-electron chi connectivity index (χ0n) is 8.27. The van der Waals surface area contributed by atoms with Gasteiger partial charge >= 0.3 is 0 Å². The fourth-order valence-electron chi connectivity index (χ4n) is 1.73. The average Bonchev–Trinajstić information content (AvgIpc) is 2.56. The van der Waals surface area contributed by atoms with E-state index < -0.39 is 0 Å². The zero-order chi connectivity index (χ0) is 9.97. The molecule has 5 nitrogen and oxygen atoms in total. The SMILES string of the molecule is Cc1cnc(N[C@H]2CC[C@H](N)C2)nn1. The van der Waals surface area contributed by atoms with Gasteiger partial charge in [-0.05, 0) is 26.2 Å². The predicted octanol–water partition coefficient (Wildman–Crippen LogP) is 0.472. The van der Waals surface area contributed by atoms with E-state index in [1.807, 2.05) is 6.92 Å². The minimum atomic E-state index is 0.325. The molecule has 0 saturated heterocycles. The Morgan fingerprint density at radius 3 is 2.86 bits per heavy atom. The topological polar surface area (TPSA) is 76.7 Å². The third-order valence-corrected chi connectivity index (χ3v) is 2.48. The van der Waals surface area contributed by atoms with Crippen LogP contribution in [-0.4, -0.2) is 27.3 Å². The zero-order valence-corrected chi connectivity index (χ0v) is 8.27. The molecule has 2 rings (SSSR count). The minimum absolute atomic E-state index is 0.325. The molecule has 0 spiro atoms. The molecule has 1 aliphatic carbocycles. The molecular weight excluding hydrogens is 178 g/mol. The maximum Gasteiger partial charge on any atom is 0.242 e. The van der Waals surface area contributed by atoms with Gasteiger partial charge in [-0.1, -0.05) is 0 Å². The van der Waals surface area contributed by atoms with Gasteiger partial charge < -0.3 is 11.1 Å². The summed E-state index contributed by atoms with van der Waals surface area (Å²) in [6.45, 7) is 1.87. The quantitative estimate of drug-likeness (QED) is 0.714. The van der Waals surface area contributed by atoms with Crippen LogP contribution in [0.1, 0.15) is 25.0 Å². The smallest absolute Gasteiger partial charge is 0.242 e. The summed E-state index contributed by atoms with van der Waals surface area (Å²) < 4.78 is 0. The molecule has 5 heteroatoms. The van der Waals surface area contributed by atoms with Crippen LogP contribution < -0.4 is 11.1 Å². The van der Waals surface area contributed by atoms with Crippen molar-refractivity contribution in [3.8, 4) is 0 Å². The Morgan fingerprint density at radius 1 is 1.43 bits per heavy atom. The van der Waals surface area contributed by atoms with E-state index in [4.69, 9.17) is 5.73 Å². The summed E-state index contributed by atoms with van der Waals surface area (Å²) in [5.74, 6) is 0.606. The fraction of sp³-hybridized carbons (Fsp3) is 0.667. The van der Waals surface area contributed by atoms with Crippen LogP contribution in [0.15, 0.2) is 6.20 Å². The van der Waals surface area contributed by atoms with Crippen molar-refractivity contribution in [1.82, 2.24) is 15.2 Å². The van der Waals surface area contributed by atoms with Crippen molar-refractivity contribution < 1.29 is 0 Å². The second-order valence-electron chi connectivity index (χ2n) is 3.84. The second kappa shape index (κ2) is 3.88. The summed E-state index contributed by atoms with van der Waals surface area (Å²) in [5, 5.41) is 11.1. The van der Waals surface area contributed by atoms with Crippen molar-refractivity contribution in [2.45, 2.75) is 38.3 Å². The number of nitrogens with two attached hydrogens (primary N) is 1. The van der Waals surface area contributed by atoms with E-state index in [0.717, 1.165) is 25.0 Å². The van der Waals surface area contributed by atoms with Gasteiger partial charge in [0.25, 0.3) is 0 Å². The molecule has 1 fully saturated rings. The van der Waals surface area contributed by atoms with Crippen LogP contribution >= 0.6 is 0 Å². The third-order valence-electron chi connectivity index (χ3n) is 2.48. The summed E-state index contributed by atoms with van der Waals surface area (Å²) in [4.78, 5) is 4.14. The number of rotatable bonds is 2. The number of nitrogens with zero attached hydrogens (tertiary/aromatic N) is 3. The Morgan fingerprint density at radius 2 is 2.29 bits per heavy atom. The average molecular weight is 193 g/mol. The van der Waals surface area contributed by atoms with E-state index in [-0.39, 0.29) is 0 Å². The van der Waals surface area contributed by atoms with Gasteiger partial charge in [0, 0.05) is 12.1 Å². The second-order valence-corrected chi connectivity index (χ2v) is 3.84. The molecule has 0 aromatic carbocycles. The Hall–Kier alpha value is -1.23. The lowest BCUT2D eigenvalue weighted by Gasteiger charge is -2.10. The fourth-order valence-corrected chi connectivity index (χ4v) is 1.73. The molecule has 1 saturated carbocycles. The van der Waals surface area contributed by atoms with Crippen molar-refractivity contribution in [1.29, 1.82) is 0 Å². The van der Waals surface area contributed by atoms with Crippen molar-refractivity contribution in [3.63, 3.8) is 0 Å². The molecule has 1 heterocycles. The van der Waals surface area contributed by atoms with E-state index in [2.05, 4.69) is 20.5 Å². The van der Waals surface area contributed by atoms with Crippen LogP contribution in [0.2, 0.25) is 0 Å². The maximum absolute atomic E-state index is 5.81. The molecule has 1 aliphatic rings. The van der Waals surface area contributed by atoms with E-state index in [0.29, 0.717) is 18.0 Å². The summed E-state index contributed by atoms with van der Waals surface area (Å²) in [7, 11) is 0. The maximum atomic E-state index is 5.81. The molecule has 1 aromatic heterocycles. The van der Waals surface area contributed by atoms with E-state index in [9.17, 15) is 0 Å². The standard InChI is InChI=1S/C9H15N5/c1-6-5-11-9(14-13-6)12-8-3-2-7(10)4-8/h5,7-8H,2-4,10H2,1H3,(H,11,12,14)/t7-,8-/m0/s1. The first kappa shape index (κ1) is 9.33. The van der Waals surface area contributed by atoms with Crippen LogP contribution in [0.3, 0.4) is 0 Å². The van der Waals surface area contributed by atoms with Gasteiger partial charge in [-0.2, -0.15) is 5.10 Å². The van der Waals surface area contributed by atoms with Crippen LogP contribution in [-0.2, 0) is 0 Å². The highest BCUT2D eigenvalue weighted by molar-refractivity contribution is 5.24. The highest BCUT2D eigenvalue weighted by Crippen LogP contribution is 2.19. The summed E-state index contributed by atoms with van der Waals surface area (Å²) in [5.41, 5.74) is 6.64. The molecule has 1 aromatic rings. The first-order valence-corrected chi connectivity index (χ1v) is 4.92. The van der Waals surface area contributed by atoms with Crippen molar-refractivity contribution in [2.75, 3.05) is 5.32 Å². The van der Waals surface area contributed by atoms with Crippen LogP contribution in [0, 0.1) is 6.92 Å². The molecule has 0 radical (unpaired) electrons. The molecule has 0 aliphatic heterocycles. The van der Waals surface area contributed by atoms with Crippen molar-refractivity contribution in [2.24, 2.45) is 5.73 Å². The predicted molar refractivity (Wildman–Crippen MR) is 53.8 cm³/mol. The molecular formula is C9H15N5. The molecule has 0 amide bonds.